The summed E-state index contributed by atoms with van der Waals surface area (Å²) in [6.45, 7) is 26.0. The SMILES string of the molecule is CC.CC.CC.CC.CC(C)C.CN(C)CC(=O)N1CCC(O)C1.Cc1ncsc1-c1ccc(C(CO)N(C)O)cc1.[U]. The zero-order valence-corrected chi connectivity index (χ0v) is 35.1. The second-order valence-corrected chi connectivity index (χ2v) is 10.3. The molecule has 252 valence electrons. The van der Waals surface area contributed by atoms with Gasteiger partial charge in [-0.15, -0.1) is 11.3 Å². The third-order valence-electron chi connectivity index (χ3n) is 4.89. The normalized spacial score (nSPS) is 13.4. The van der Waals surface area contributed by atoms with Gasteiger partial charge in [0, 0.05) is 51.3 Å². The van der Waals surface area contributed by atoms with Gasteiger partial charge >= 0.3 is 0 Å². The molecule has 2 aromatic rings. The molecule has 43 heavy (non-hydrogen) atoms. The summed E-state index contributed by atoms with van der Waals surface area (Å²) >= 11 is 1.61. The number of aromatic nitrogens is 1. The van der Waals surface area contributed by atoms with Gasteiger partial charge in [0.15, 0.2) is 0 Å². The summed E-state index contributed by atoms with van der Waals surface area (Å²) in [7, 11) is 5.26. The number of likely N-dealkylation sites (tertiary alicyclic amines) is 1. The van der Waals surface area contributed by atoms with Crippen molar-refractivity contribution in [3.63, 3.8) is 0 Å². The average molecular weight is 853 g/mol. The number of hydrogen-bond donors (Lipinski definition) is 3. The first-order valence-corrected chi connectivity index (χ1v) is 16.5. The Morgan fingerprint density at radius 3 is 1.77 bits per heavy atom. The van der Waals surface area contributed by atoms with E-state index in [4.69, 9.17) is 0 Å². The van der Waals surface area contributed by atoms with Crippen molar-refractivity contribution in [3.8, 4) is 10.4 Å². The van der Waals surface area contributed by atoms with E-state index in [2.05, 4.69) is 25.8 Å². The van der Waals surface area contributed by atoms with E-state index in [9.17, 15) is 20.2 Å². The molecular formula is C33H66N4O4SU. The summed E-state index contributed by atoms with van der Waals surface area (Å²) in [6.07, 6.45) is 0.412. The molecule has 3 N–H and O–H groups in total. The van der Waals surface area contributed by atoms with Gasteiger partial charge in [-0.25, -0.2) is 4.98 Å². The number of aliphatic hydroxyl groups is 2. The summed E-state index contributed by atoms with van der Waals surface area (Å²) in [5, 5.41) is 28.9. The third kappa shape index (κ3) is 25.1. The van der Waals surface area contributed by atoms with Crippen LogP contribution in [0.5, 0.6) is 0 Å². The van der Waals surface area contributed by atoms with E-state index >= 15 is 0 Å². The van der Waals surface area contributed by atoms with Crippen LogP contribution in [0.2, 0.25) is 0 Å². The molecule has 0 spiro atoms. The Balaban J connectivity index is -0.000000167. The summed E-state index contributed by atoms with van der Waals surface area (Å²) in [4.78, 5) is 20.3. The van der Waals surface area contributed by atoms with Crippen molar-refractivity contribution < 1.29 is 51.3 Å². The number of likely N-dealkylation sites (N-methyl/N-ethyl adjacent to an activating group) is 2. The molecular weight excluding hydrogens is 786 g/mol. The molecule has 3 rings (SSSR count). The largest absolute Gasteiger partial charge is 0.394 e. The molecule has 0 bridgehead atoms. The molecule has 0 saturated carbocycles. The first-order valence-electron chi connectivity index (χ1n) is 15.6. The number of carbonyl (C=O) groups is 1. The second-order valence-electron chi connectivity index (χ2n) is 9.41. The minimum atomic E-state index is -0.387. The van der Waals surface area contributed by atoms with Gasteiger partial charge in [-0.2, -0.15) is 5.06 Å². The predicted octanol–water partition coefficient (Wildman–Crippen LogP) is 7.38. The number of hydroxylamine groups is 2. The first kappa shape index (κ1) is 51.7. The Kier molecular flexibility index (Phi) is 41.0. The van der Waals surface area contributed by atoms with Crippen LogP contribution in [0.4, 0.5) is 0 Å². The summed E-state index contributed by atoms with van der Waals surface area (Å²) in [6, 6.07) is 7.43. The molecule has 1 aliphatic rings. The standard InChI is InChI=1S/C13H16N2O2S.C8H16N2O2.C4H10.4C2H6.U/c1-9-13(18-8-14-9)11-5-3-10(4-6-11)12(7-16)15(2)17;1-9(2)6-8(12)10-4-3-7(11)5-10;1-4(2)3;4*1-2;/h3-6,8,12,16-17H,7H2,1-2H3;7,11H,3-6H2,1-2H3;4H,1-3H3;4*1-2H3;. The second kappa shape index (κ2) is 34.1. The van der Waals surface area contributed by atoms with Crippen LogP contribution in [0.15, 0.2) is 29.8 Å². The van der Waals surface area contributed by atoms with E-state index in [1.807, 2.05) is 111 Å². The first-order chi connectivity index (χ1) is 20.0. The topological polar surface area (TPSA) is 100 Å². The van der Waals surface area contributed by atoms with E-state index in [1.54, 1.807) is 16.2 Å². The van der Waals surface area contributed by atoms with E-state index in [0.717, 1.165) is 39.1 Å². The van der Waals surface area contributed by atoms with Crippen molar-refractivity contribution in [2.24, 2.45) is 5.92 Å². The Morgan fingerprint density at radius 1 is 1.00 bits per heavy atom. The van der Waals surface area contributed by atoms with Crippen molar-refractivity contribution in [1.82, 2.24) is 19.8 Å². The molecule has 2 heterocycles. The van der Waals surface area contributed by atoms with Gasteiger partial charge in [-0.1, -0.05) is 100 Å². The number of aryl methyl sites for hydroxylation is 1. The molecule has 1 amide bonds. The molecule has 1 aromatic heterocycles. The van der Waals surface area contributed by atoms with Gasteiger partial charge in [0.05, 0.1) is 41.4 Å². The van der Waals surface area contributed by atoms with Gasteiger partial charge < -0.3 is 25.2 Å². The fraction of sp³-hybridized carbons (Fsp3) is 0.697. The van der Waals surface area contributed by atoms with E-state index in [-0.39, 0.29) is 55.8 Å². The number of carbonyl (C=O) groups excluding carboxylic acids is 1. The van der Waals surface area contributed by atoms with Crippen molar-refractivity contribution in [1.29, 1.82) is 0 Å². The van der Waals surface area contributed by atoms with Crippen LogP contribution in [0.25, 0.3) is 10.4 Å². The molecule has 2 atom stereocenters. The molecule has 2 unspecified atom stereocenters. The zero-order chi connectivity index (χ0) is 33.8. The van der Waals surface area contributed by atoms with Crippen LogP contribution in [0.3, 0.4) is 0 Å². The van der Waals surface area contributed by atoms with Gasteiger partial charge in [0.25, 0.3) is 0 Å². The minimum Gasteiger partial charge on any atom is -0.394 e. The number of hydrogen-bond acceptors (Lipinski definition) is 8. The summed E-state index contributed by atoms with van der Waals surface area (Å²) in [5.41, 5.74) is 4.84. The van der Waals surface area contributed by atoms with Crippen molar-refractivity contribution >= 4 is 17.2 Å². The van der Waals surface area contributed by atoms with Crippen LogP contribution < -0.4 is 0 Å². The number of aliphatic hydroxyl groups excluding tert-OH is 2. The van der Waals surface area contributed by atoms with Gasteiger partial charge in [-0.05, 0) is 44.5 Å². The average Bonchev–Trinajstić information content (AvgIpc) is 3.61. The Bertz CT molecular complexity index is 847. The third-order valence-corrected chi connectivity index (χ3v) is 5.87. The number of benzene rings is 1. The number of thiazole rings is 1. The van der Waals surface area contributed by atoms with E-state index < -0.39 is 0 Å². The molecule has 1 aliphatic heterocycles. The molecule has 1 saturated heterocycles. The van der Waals surface area contributed by atoms with Gasteiger partial charge in [0.2, 0.25) is 5.91 Å². The van der Waals surface area contributed by atoms with Crippen molar-refractivity contribution in [2.45, 2.75) is 102 Å². The fourth-order valence-electron chi connectivity index (χ4n) is 3.21. The fourth-order valence-corrected chi connectivity index (χ4v) is 4.03. The summed E-state index contributed by atoms with van der Waals surface area (Å²) < 4.78 is 0. The number of β-amino-alcohol motifs (C(OH)–C–C–N with tert-alkyl or cyclic N) is 1. The zero-order valence-electron chi connectivity index (χ0n) is 30.1. The van der Waals surface area contributed by atoms with E-state index in [1.165, 1.54) is 7.05 Å². The van der Waals surface area contributed by atoms with Crippen LogP contribution in [-0.4, -0.2) is 94.7 Å². The van der Waals surface area contributed by atoms with E-state index in [0.29, 0.717) is 19.6 Å². The minimum absolute atomic E-state index is 0. The smallest absolute Gasteiger partial charge is 0.236 e. The van der Waals surface area contributed by atoms with Crippen LogP contribution in [0.1, 0.15) is 99.9 Å². The van der Waals surface area contributed by atoms with Crippen LogP contribution >= 0.6 is 11.3 Å². The maximum absolute atomic E-state index is 11.4. The number of rotatable bonds is 6. The van der Waals surface area contributed by atoms with Crippen molar-refractivity contribution in [3.05, 3.63) is 41.0 Å². The Hall–Kier alpha value is -0.828. The molecule has 0 aliphatic carbocycles. The molecule has 0 radical (unpaired) electrons. The summed E-state index contributed by atoms with van der Waals surface area (Å²) in [5.74, 6) is 0.941. The van der Waals surface area contributed by atoms with Crippen LogP contribution in [0, 0.1) is 44.0 Å². The Morgan fingerprint density at radius 2 is 1.47 bits per heavy atom. The molecule has 8 nitrogen and oxygen atoms in total. The van der Waals surface area contributed by atoms with Crippen molar-refractivity contribution in [2.75, 3.05) is 47.4 Å². The number of amides is 1. The molecule has 1 fully saturated rings. The molecule has 1 aromatic carbocycles. The molecule has 10 heteroatoms. The predicted molar refractivity (Wildman–Crippen MR) is 183 cm³/mol. The van der Waals surface area contributed by atoms with Gasteiger partial charge in [0.1, 0.15) is 0 Å². The Labute approximate surface area is 293 Å². The van der Waals surface area contributed by atoms with Crippen LogP contribution in [-0.2, 0) is 4.79 Å². The maximum Gasteiger partial charge on any atom is 0.236 e. The number of nitrogens with zero attached hydrogens (tertiary/aromatic N) is 4. The van der Waals surface area contributed by atoms with Gasteiger partial charge in [-0.3, -0.25) is 4.79 Å². The maximum atomic E-state index is 11.4. The monoisotopic (exact) mass is 853 g/mol. The quantitative estimate of drug-likeness (QED) is 0.261.